The van der Waals surface area contributed by atoms with Crippen molar-refractivity contribution in [2.24, 2.45) is 0 Å². The molecule has 0 radical (unpaired) electrons. The van der Waals surface area contributed by atoms with Crippen LogP contribution < -0.4 is 10.5 Å². The molecule has 1 fully saturated rings. The highest BCUT2D eigenvalue weighted by Crippen LogP contribution is 2.29. The van der Waals surface area contributed by atoms with Crippen molar-refractivity contribution in [1.29, 1.82) is 0 Å². The monoisotopic (exact) mass is 439 g/mol. The molecule has 2 aliphatic heterocycles. The number of benzene rings is 1. The van der Waals surface area contributed by atoms with Gasteiger partial charge in [0.25, 0.3) is 5.56 Å². The van der Waals surface area contributed by atoms with Crippen LogP contribution in [-0.2, 0) is 24.2 Å². The Hall–Kier alpha value is -2.64. The molecule has 1 aromatic carbocycles. The van der Waals surface area contributed by atoms with Crippen molar-refractivity contribution in [3.8, 4) is 0 Å². The lowest BCUT2D eigenvalue weighted by Crippen LogP contribution is -2.36. The fraction of sp³-hybridized carbons (Fsp3) is 0.435. The van der Waals surface area contributed by atoms with Crippen LogP contribution in [0.2, 0.25) is 5.02 Å². The van der Waals surface area contributed by atoms with Crippen LogP contribution in [0.1, 0.15) is 48.0 Å². The first-order chi connectivity index (χ1) is 15.1. The Labute approximate surface area is 186 Å². The molecule has 1 unspecified atom stereocenters. The summed E-state index contributed by atoms with van der Waals surface area (Å²) in [5, 5.41) is 4.59. The number of ether oxygens (including phenoxy) is 1. The van der Waals surface area contributed by atoms with E-state index in [1.807, 2.05) is 6.33 Å². The van der Waals surface area contributed by atoms with E-state index in [9.17, 15) is 4.79 Å². The van der Waals surface area contributed by atoms with Crippen molar-refractivity contribution >= 4 is 17.3 Å². The van der Waals surface area contributed by atoms with E-state index >= 15 is 0 Å². The molecule has 2 aromatic heterocycles. The van der Waals surface area contributed by atoms with E-state index in [-0.39, 0.29) is 16.8 Å². The van der Waals surface area contributed by atoms with E-state index in [0.29, 0.717) is 18.8 Å². The minimum absolute atomic E-state index is 0.201. The molecule has 5 rings (SSSR count). The average molecular weight is 440 g/mol. The van der Waals surface area contributed by atoms with Gasteiger partial charge in [0.2, 0.25) is 0 Å². The second kappa shape index (κ2) is 8.48. The molecule has 0 N–H and O–H groups in total. The Morgan fingerprint density at radius 3 is 3.00 bits per heavy atom. The molecule has 7 nitrogen and oxygen atoms in total. The first-order valence-electron chi connectivity index (χ1n) is 10.8. The predicted octanol–water partition coefficient (Wildman–Crippen LogP) is 3.71. The zero-order valence-corrected chi connectivity index (χ0v) is 18.4. The molecule has 2 aliphatic rings. The number of anilines is 1. The highest BCUT2D eigenvalue weighted by molar-refractivity contribution is 6.33. The summed E-state index contributed by atoms with van der Waals surface area (Å²) in [6, 6.07) is 8.55. The SMILES string of the molecule is Cc1cccc(Cn2cnc3c2CCN(c2cnn(C4CCCCO4)c(=O)c2Cl)C3)c1. The Bertz CT molecular complexity index is 1150. The van der Waals surface area contributed by atoms with E-state index in [1.165, 1.54) is 21.5 Å². The highest BCUT2D eigenvalue weighted by Gasteiger charge is 2.26. The fourth-order valence-electron chi connectivity index (χ4n) is 4.50. The minimum atomic E-state index is -0.321. The van der Waals surface area contributed by atoms with Gasteiger partial charge in [0.1, 0.15) is 5.02 Å². The van der Waals surface area contributed by atoms with Gasteiger partial charge in [-0.25, -0.2) is 4.98 Å². The molecule has 0 spiro atoms. The van der Waals surface area contributed by atoms with Gasteiger partial charge >= 0.3 is 0 Å². The smallest absolute Gasteiger partial charge is 0.290 e. The average Bonchev–Trinajstić information content (AvgIpc) is 3.18. The van der Waals surface area contributed by atoms with Crippen molar-refractivity contribution in [2.75, 3.05) is 18.1 Å². The van der Waals surface area contributed by atoms with Crippen molar-refractivity contribution in [2.45, 2.75) is 51.9 Å². The topological polar surface area (TPSA) is 65.2 Å². The predicted molar refractivity (Wildman–Crippen MR) is 120 cm³/mol. The summed E-state index contributed by atoms with van der Waals surface area (Å²) < 4.78 is 9.31. The molecular formula is C23H26ClN5O2. The van der Waals surface area contributed by atoms with Crippen molar-refractivity contribution in [3.05, 3.63) is 74.7 Å². The van der Waals surface area contributed by atoms with E-state index in [0.717, 1.165) is 44.5 Å². The number of aromatic nitrogens is 4. The molecule has 0 saturated carbocycles. The van der Waals surface area contributed by atoms with Gasteiger partial charge in [-0.05, 0) is 31.7 Å². The lowest BCUT2D eigenvalue weighted by atomic mass is 10.1. The van der Waals surface area contributed by atoms with Gasteiger partial charge < -0.3 is 14.2 Å². The van der Waals surface area contributed by atoms with Crippen molar-refractivity contribution in [1.82, 2.24) is 19.3 Å². The lowest BCUT2D eigenvalue weighted by molar-refractivity contribution is -0.0424. The van der Waals surface area contributed by atoms with Crippen LogP contribution in [-0.4, -0.2) is 32.5 Å². The van der Waals surface area contributed by atoms with E-state index < -0.39 is 0 Å². The molecular weight excluding hydrogens is 414 g/mol. The maximum absolute atomic E-state index is 12.9. The third kappa shape index (κ3) is 4.00. The zero-order valence-electron chi connectivity index (χ0n) is 17.6. The molecule has 1 saturated heterocycles. The number of nitrogens with zero attached hydrogens (tertiary/aromatic N) is 5. The molecule has 1 atom stereocenters. The highest BCUT2D eigenvalue weighted by atomic mass is 35.5. The maximum atomic E-state index is 12.9. The van der Waals surface area contributed by atoms with Crippen molar-refractivity contribution < 1.29 is 4.74 Å². The number of rotatable bonds is 4. The summed E-state index contributed by atoms with van der Waals surface area (Å²) >= 11 is 6.51. The van der Waals surface area contributed by atoms with Gasteiger partial charge in [0.15, 0.2) is 6.23 Å². The number of aryl methyl sites for hydroxylation is 1. The summed E-state index contributed by atoms with van der Waals surface area (Å²) in [7, 11) is 0. The van der Waals surface area contributed by atoms with E-state index in [2.05, 4.69) is 50.7 Å². The number of halogens is 1. The summed E-state index contributed by atoms with van der Waals surface area (Å²) in [6.45, 7) is 4.94. The molecule has 0 bridgehead atoms. The van der Waals surface area contributed by atoms with E-state index in [4.69, 9.17) is 16.3 Å². The van der Waals surface area contributed by atoms with Gasteiger partial charge in [-0.2, -0.15) is 9.78 Å². The maximum Gasteiger partial charge on any atom is 0.290 e. The third-order valence-electron chi connectivity index (χ3n) is 6.12. The van der Waals surface area contributed by atoms with Crippen LogP contribution in [0.15, 0.2) is 41.6 Å². The van der Waals surface area contributed by atoms with Gasteiger partial charge in [-0.3, -0.25) is 4.79 Å². The lowest BCUT2D eigenvalue weighted by Gasteiger charge is -2.30. The fourth-order valence-corrected chi connectivity index (χ4v) is 4.75. The standard InChI is InChI=1S/C23H26ClN5O2/c1-16-5-4-6-17(11-16)13-28-15-25-18-14-27(9-8-19(18)28)20-12-26-29(23(30)22(20)24)21-7-2-3-10-31-21/h4-6,11-12,15,21H,2-3,7-10,13-14H2,1H3. The minimum Gasteiger partial charge on any atom is -0.362 e. The van der Waals surface area contributed by atoms with Gasteiger partial charge in [-0.15, -0.1) is 0 Å². The zero-order chi connectivity index (χ0) is 21.4. The van der Waals surface area contributed by atoms with Crippen LogP contribution in [0.4, 0.5) is 5.69 Å². The summed E-state index contributed by atoms with van der Waals surface area (Å²) in [5.41, 5.74) is 5.16. The van der Waals surface area contributed by atoms with Crippen molar-refractivity contribution in [3.63, 3.8) is 0 Å². The molecule has 0 amide bonds. The van der Waals surface area contributed by atoms with Crippen LogP contribution in [0, 0.1) is 6.92 Å². The summed E-state index contributed by atoms with van der Waals surface area (Å²) in [5.74, 6) is 0. The number of imidazole rings is 1. The second-order valence-electron chi connectivity index (χ2n) is 8.34. The molecule has 0 aliphatic carbocycles. The second-order valence-corrected chi connectivity index (χ2v) is 8.72. The molecule has 4 heterocycles. The quantitative estimate of drug-likeness (QED) is 0.620. The Balaban J connectivity index is 1.36. The third-order valence-corrected chi connectivity index (χ3v) is 6.48. The number of hydrogen-bond acceptors (Lipinski definition) is 5. The molecule has 8 heteroatoms. The van der Waals surface area contributed by atoms with Crippen LogP contribution in [0.25, 0.3) is 0 Å². The molecule has 3 aromatic rings. The normalized spacial score (nSPS) is 18.8. The summed E-state index contributed by atoms with van der Waals surface area (Å²) in [6.07, 6.45) is 6.95. The van der Waals surface area contributed by atoms with Crippen LogP contribution in [0.3, 0.4) is 0 Å². The van der Waals surface area contributed by atoms with Gasteiger partial charge in [-0.1, -0.05) is 41.4 Å². The first kappa shape index (κ1) is 20.3. The van der Waals surface area contributed by atoms with Gasteiger partial charge in [0, 0.05) is 31.8 Å². The van der Waals surface area contributed by atoms with Gasteiger partial charge in [0.05, 0.1) is 30.5 Å². The van der Waals surface area contributed by atoms with Crippen LogP contribution in [0.5, 0.6) is 0 Å². The summed E-state index contributed by atoms with van der Waals surface area (Å²) in [4.78, 5) is 19.6. The molecule has 31 heavy (non-hydrogen) atoms. The Morgan fingerprint density at radius 1 is 1.29 bits per heavy atom. The number of fused-ring (bicyclic) bond motifs is 1. The van der Waals surface area contributed by atoms with Crippen LogP contribution >= 0.6 is 11.6 Å². The van der Waals surface area contributed by atoms with E-state index in [1.54, 1.807) is 6.20 Å². The number of hydrogen-bond donors (Lipinski definition) is 0. The largest absolute Gasteiger partial charge is 0.362 e. The molecule has 162 valence electrons. The first-order valence-corrected chi connectivity index (χ1v) is 11.2. The Kier molecular flexibility index (Phi) is 5.54. The Morgan fingerprint density at radius 2 is 2.19 bits per heavy atom.